The highest BCUT2D eigenvalue weighted by Gasteiger charge is 2.45. The maximum Gasteiger partial charge on any atom is 0.115 e. The summed E-state index contributed by atoms with van der Waals surface area (Å²) in [6, 6.07) is 0. The molecule has 24 heavy (non-hydrogen) atoms. The average Bonchev–Trinajstić information content (AvgIpc) is 3.44. The van der Waals surface area contributed by atoms with E-state index in [1.807, 2.05) is 0 Å². The lowest BCUT2D eigenvalue weighted by Gasteiger charge is -2.13. The largest absolute Gasteiger partial charge is 0.376 e. The Hall–Kier alpha value is -0.240. The summed E-state index contributed by atoms with van der Waals surface area (Å²) in [4.78, 5) is 0. The molecule has 0 saturated carbocycles. The Morgan fingerprint density at radius 2 is 1.12 bits per heavy atom. The summed E-state index contributed by atoms with van der Waals surface area (Å²) in [5.41, 5.74) is 0.0445. The second kappa shape index (κ2) is 7.56. The second-order valence-corrected chi connectivity index (χ2v) is 7.80. The van der Waals surface area contributed by atoms with Gasteiger partial charge in [0, 0.05) is 0 Å². The van der Waals surface area contributed by atoms with Crippen LogP contribution in [0.2, 0.25) is 0 Å². The fourth-order valence-electron chi connectivity index (χ4n) is 3.13. The highest BCUT2D eigenvalue weighted by atomic mass is 16.6. The molecule has 138 valence electrons. The molecule has 6 heteroatoms. The van der Waals surface area contributed by atoms with E-state index in [-0.39, 0.29) is 11.2 Å². The molecule has 0 aliphatic carbocycles. The summed E-state index contributed by atoms with van der Waals surface area (Å²) >= 11 is 0. The summed E-state index contributed by atoms with van der Waals surface area (Å²) in [5, 5.41) is 0. The highest BCUT2D eigenvalue weighted by Crippen LogP contribution is 2.35. The molecule has 4 heterocycles. The van der Waals surface area contributed by atoms with Gasteiger partial charge < -0.3 is 28.4 Å². The highest BCUT2D eigenvalue weighted by molar-refractivity contribution is 4.93. The molecule has 4 fully saturated rings. The predicted octanol–water partition coefficient (Wildman–Crippen LogP) is 1.70. The smallest absolute Gasteiger partial charge is 0.115 e. The summed E-state index contributed by atoms with van der Waals surface area (Å²) in [5.74, 6) is 0. The number of epoxide rings is 4. The lowest BCUT2D eigenvalue weighted by molar-refractivity contribution is 0.0623. The monoisotopic (exact) mass is 342 g/mol. The molecule has 0 bridgehead atoms. The van der Waals surface area contributed by atoms with Crippen LogP contribution in [-0.4, -0.2) is 76.3 Å². The van der Waals surface area contributed by atoms with E-state index in [0.717, 1.165) is 65.7 Å². The summed E-state index contributed by atoms with van der Waals surface area (Å²) in [6.45, 7) is 6.34. The van der Waals surface area contributed by atoms with E-state index in [4.69, 9.17) is 28.4 Å². The van der Waals surface area contributed by atoms with Crippen molar-refractivity contribution in [3.05, 3.63) is 0 Å². The van der Waals surface area contributed by atoms with Gasteiger partial charge in [0.05, 0.1) is 52.9 Å². The van der Waals surface area contributed by atoms with Crippen LogP contribution in [0.15, 0.2) is 0 Å². The van der Waals surface area contributed by atoms with Gasteiger partial charge in [-0.25, -0.2) is 0 Å². The van der Waals surface area contributed by atoms with Crippen molar-refractivity contribution in [2.75, 3.05) is 52.9 Å². The average molecular weight is 342 g/mol. The molecule has 0 aromatic heterocycles. The van der Waals surface area contributed by atoms with E-state index >= 15 is 0 Å². The second-order valence-electron chi connectivity index (χ2n) is 7.80. The third-order valence-electron chi connectivity index (χ3n) is 5.26. The molecule has 4 aliphatic rings. The summed E-state index contributed by atoms with van der Waals surface area (Å²) in [6.07, 6.45) is 7.86. The van der Waals surface area contributed by atoms with Crippen LogP contribution >= 0.6 is 0 Å². The van der Waals surface area contributed by atoms with Crippen molar-refractivity contribution in [1.29, 1.82) is 0 Å². The van der Waals surface area contributed by atoms with Crippen LogP contribution < -0.4 is 0 Å². The van der Waals surface area contributed by atoms with Crippen molar-refractivity contribution in [3.63, 3.8) is 0 Å². The van der Waals surface area contributed by atoms with Crippen LogP contribution in [0.4, 0.5) is 0 Å². The first-order chi connectivity index (χ1) is 11.8. The molecule has 4 atom stereocenters. The molecule has 6 nitrogen and oxygen atoms in total. The van der Waals surface area contributed by atoms with Crippen LogP contribution in [-0.2, 0) is 28.4 Å². The molecule has 4 unspecified atom stereocenters. The Bertz CT molecular complexity index is 360. The predicted molar refractivity (Wildman–Crippen MR) is 86.2 cm³/mol. The molecule has 4 rings (SSSR count). The van der Waals surface area contributed by atoms with Crippen molar-refractivity contribution in [3.8, 4) is 0 Å². The first-order valence-corrected chi connectivity index (χ1v) is 9.44. The lowest BCUT2D eigenvalue weighted by Crippen LogP contribution is -2.21. The number of unbranched alkanes of at least 4 members (excludes halogenated alkanes) is 3. The van der Waals surface area contributed by atoms with E-state index in [1.54, 1.807) is 0 Å². The number of ether oxygens (including phenoxy) is 6. The quantitative estimate of drug-likeness (QED) is 0.333. The third kappa shape index (κ3) is 5.64. The Morgan fingerprint density at radius 1 is 0.708 bits per heavy atom. The fourth-order valence-corrected chi connectivity index (χ4v) is 3.13. The first-order valence-electron chi connectivity index (χ1n) is 9.44. The zero-order valence-electron chi connectivity index (χ0n) is 14.5. The Kier molecular flexibility index (Phi) is 5.41. The van der Waals surface area contributed by atoms with Crippen LogP contribution in [0.3, 0.4) is 0 Å². The molecule has 0 amide bonds. The first kappa shape index (κ1) is 17.2. The van der Waals surface area contributed by atoms with Crippen molar-refractivity contribution >= 4 is 0 Å². The standard InChI is InChI=1S/C18H30O6/c1(3-5-17(13-23-17)11-19-7-15-9-21-15)2-4-6-18(14-24-18)12-20-8-16-10-22-16/h15-16H,1-14H2. The lowest BCUT2D eigenvalue weighted by atomic mass is 9.99. The maximum atomic E-state index is 5.69. The zero-order valence-corrected chi connectivity index (χ0v) is 14.5. The Balaban J connectivity index is 0.986. The van der Waals surface area contributed by atoms with Gasteiger partial charge in [0.2, 0.25) is 0 Å². The van der Waals surface area contributed by atoms with E-state index < -0.39 is 0 Å². The summed E-state index contributed by atoms with van der Waals surface area (Å²) in [7, 11) is 0. The molecular weight excluding hydrogens is 312 g/mol. The maximum absolute atomic E-state index is 5.69. The molecular formula is C18H30O6. The third-order valence-corrected chi connectivity index (χ3v) is 5.26. The van der Waals surface area contributed by atoms with Gasteiger partial charge in [-0.2, -0.15) is 0 Å². The van der Waals surface area contributed by atoms with Crippen LogP contribution in [0.5, 0.6) is 0 Å². The van der Waals surface area contributed by atoms with Gasteiger partial charge in [0.15, 0.2) is 0 Å². The van der Waals surface area contributed by atoms with Gasteiger partial charge in [-0.05, 0) is 12.8 Å². The van der Waals surface area contributed by atoms with Gasteiger partial charge >= 0.3 is 0 Å². The number of rotatable bonds is 15. The summed E-state index contributed by atoms with van der Waals surface area (Å²) < 4.78 is 32.9. The van der Waals surface area contributed by atoms with Gasteiger partial charge in [-0.3, -0.25) is 0 Å². The van der Waals surface area contributed by atoms with Crippen molar-refractivity contribution in [1.82, 2.24) is 0 Å². The van der Waals surface area contributed by atoms with E-state index in [2.05, 4.69) is 0 Å². The normalized spacial score (nSPS) is 39.0. The van der Waals surface area contributed by atoms with E-state index in [9.17, 15) is 0 Å². The van der Waals surface area contributed by atoms with Crippen molar-refractivity contribution in [2.24, 2.45) is 0 Å². The zero-order chi connectivity index (χ0) is 16.3. The van der Waals surface area contributed by atoms with Crippen molar-refractivity contribution in [2.45, 2.75) is 61.9 Å². The van der Waals surface area contributed by atoms with Crippen LogP contribution in [0.1, 0.15) is 38.5 Å². The molecule has 0 N–H and O–H groups in total. The molecule has 0 aromatic rings. The minimum atomic E-state index is 0.0223. The minimum absolute atomic E-state index is 0.0223. The van der Waals surface area contributed by atoms with Gasteiger partial charge in [0.1, 0.15) is 23.4 Å². The number of hydrogen-bond acceptors (Lipinski definition) is 6. The van der Waals surface area contributed by atoms with Crippen LogP contribution in [0, 0.1) is 0 Å². The van der Waals surface area contributed by atoms with Gasteiger partial charge in [-0.15, -0.1) is 0 Å². The van der Waals surface area contributed by atoms with Crippen molar-refractivity contribution < 1.29 is 28.4 Å². The Morgan fingerprint density at radius 3 is 1.46 bits per heavy atom. The molecule has 0 aromatic carbocycles. The number of hydrogen-bond donors (Lipinski definition) is 0. The van der Waals surface area contributed by atoms with E-state index in [0.29, 0.717) is 12.2 Å². The van der Waals surface area contributed by atoms with E-state index in [1.165, 1.54) is 25.7 Å². The van der Waals surface area contributed by atoms with Gasteiger partial charge in [0.25, 0.3) is 0 Å². The molecule has 4 saturated heterocycles. The van der Waals surface area contributed by atoms with Gasteiger partial charge in [-0.1, -0.05) is 25.7 Å². The topological polar surface area (TPSA) is 68.6 Å². The molecule has 4 aliphatic heterocycles. The SMILES string of the molecule is C(CCCC1(COCC2CO2)CO1)CCC1(COCC2CO2)CO1. The molecule has 0 spiro atoms. The molecule has 0 radical (unpaired) electrons. The fraction of sp³-hybridized carbons (Fsp3) is 1.00. The van der Waals surface area contributed by atoms with Crippen LogP contribution in [0.25, 0.3) is 0 Å². The Labute approximate surface area is 144 Å². The minimum Gasteiger partial charge on any atom is -0.376 e.